The number of halogens is 1. The van der Waals surface area contributed by atoms with Gasteiger partial charge in [0, 0.05) is 42.3 Å². The minimum Gasteiger partial charge on any atom is -0.368 e. The number of rotatable bonds is 3. The molecule has 150 valence electrons. The quantitative estimate of drug-likeness (QED) is 0.662. The first kappa shape index (κ1) is 19.5. The number of aromatic nitrogens is 2. The molecule has 0 saturated carbocycles. The Morgan fingerprint density at radius 1 is 1.00 bits per heavy atom. The van der Waals surface area contributed by atoms with E-state index in [1.807, 2.05) is 55.1 Å². The molecule has 29 heavy (non-hydrogen) atoms. The molecule has 2 heterocycles. The van der Waals surface area contributed by atoms with E-state index in [1.165, 1.54) is 4.68 Å². The van der Waals surface area contributed by atoms with E-state index in [9.17, 15) is 9.59 Å². The molecule has 0 radical (unpaired) electrons. The monoisotopic (exact) mass is 410 g/mol. The molecule has 2 aromatic carbocycles. The van der Waals surface area contributed by atoms with Crippen LogP contribution in [0, 0.1) is 0 Å². The number of carbonyl (C=O) groups excluding carboxylic acids is 1. The predicted octanol–water partition coefficient (Wildman–Crippen LogP) is 3.59. The number of hydrogen-bond donors (Lipinski definition) is 0. The van der Waals surface area contributed by atoms with Crippen LogP contribution in [-0.2, 0) is 0 Å². The van der Waals surface area contributed by atoms with Crippen molar-refractivity contribution in [3.8, 4) is 0 Å². The van der Waals surface area contributed by atoms with Crippen LogP contribution in [0.3, 0.4) is 0 Å². The summed E-state index contributed by atoms with van der Waals surface area (Å²) in [5.74, 6) is -0.138. The van der Waals surface area contributed by atoms with Crippen LogP contribution in [0.2, 0.25) is 5.02 Å². The predicted molar refractivity (Wildman–Crippen MR) is 116 cm³/mol. The second-order valence-corrected chi connectivity index (χ2v) is 7.93. The summed E-state index contributed by atoms with van der Waals surface area (Å²) in [6.07, 6.45) is 0. The summed E-state index contributed by atoms with van der Waals surface area (Å²) in [4.78, 5) is 30.0. The Labute approximate surface area is 174 Å². The van der Waals surface area contributed by atoms with E-state index in [1.54, 1.807) is 12.1 Å². The molecule has 0 N–H and O–H groups in total. The number of benzene rings is 2. The van der Waals surface area contributed by atoms with E-state index in [0.29, 0.717) is 47.7 Å². The maximum absolute atomic E-state index is 13.3. The molecule has 1 aliphatic heterocycles. The summed E-state index contributed by atoms with van der Waals surface area (Å²) in [5.41, 5.74) is 1.23. The molecule has 0 unspecified atom stereocenters. The van der Waals surface area contributed by atoms with Crippen molar-refractivity contribution in [2.24, 2.45) is 0 Å². The zero-order chi connectivity index (χ0) is 20.5. The average molecular weight is 411 g/mol. The van der Waals surface area contributed by atoms with Gasteiger partial charge in [-0.1, -0.05) is 35.9 Å². The minimum atomic E-state index is -0.169. The van der Waals surface area contributed by atoms with Crippen molar-refractivity contribution in [3.63, 3.8) is 0 Å². The maximum atomic E-state index is 13.3. The summed E-state index contributed by atoms with van der Waals surface area (Å²) in [6, 6.07) is 14.8. The van der Waals surface area contributed by atoms with Gasteiger partial charge in [0.25, 0.3) is 11.5 Å². The topological polar surface area (TPSA) is 58.4 Å². The summed E-state index contributed by atoms with van der Waals surface area (Å²) in [6.45, 7) is 6.38. The Bertz CT molecular complexity index is 1120. The minimum absolute atomic E-state index is 0.127. The highest BCUT2D eigenvalue weighted by atomic mass is 35.5. The fourth-order valence-electron chi connectivity index (χ4n) is 3.70. The molecule has 0 aliphatic carbocycles. The van der Waals surface area contributed by atoms with Crippen LogP contribution in [0.15, 0.2) is 53.3 Å². The molecule has 0 bridgehead atoms. The van der Waals surface area contributed by atoms with Gasteiger partial charge in [-0.2, -0.15) is 5.10 Å². The van der Waals surface area contributed by atoms with Gasteiger partial charge >= 0.3 is 0 Å². The molecule has 7 heteroatoms. The van der Waals surface area contributed by atoms with E-state index in [4.69, 9.17) is 11.6 Å². The van der Waals surface area contributed by atoms with Gasteiger partial charge in [-0.25, -0.2) is 4.68 Å². The summed E-state index contributed by atoms with van der Waals surface area (Å²) >= 11 is 6.10. The normalized spacial score (nSPS) is 14.6. The number of amides is 1. The Morgan fingerprint density at radius 2 is 1.69 bits per heavy atom. The van der Waals surface area contributed by atoms with Crippen LogP contribution in [0.1, 0.15) is 30.4 Å². The molecular formula is C22H23ClN4O2. The fraction of sp³-hybridized carbons (Fsp3) is 0.318. The molecule has 1 aromatic heterocycles. The molecule has 1 aliphatic rings. The Hall–Kier alpha value is -2.86. The first-order chi connectivity index (χ1) is 14.0. The standard InChI is InChI=1S/C22H23ClN4O2/c1-15(2)27-21(28)19-9-4-3-8-18(19)20(24-27)22(29)26-12-10-25(11-13-26)17-7-5-6-16(23)14-17/h3-9,14-15H,10-13H2,1-2H3. The van der Waals surface area contributed by atoms with Crippen LogP contribution in [0.4, 0.5) is 5.69 Å². The molecule has 1 amide bonds. The van der Waals surface area contributed by atoms with Crippen LogP contribution in [0.25, 0.3) is 10.8 Å². The highest BCUT2D eigenvalue weighted by Crippen LogP contribution is 2.22. The Morgan fingerprint density at radius 3 is 2.34 bits per heavy atom. The van der Waals surface area contributed by atoms with Gasteiger partial charge in [0.05, 0.1) is 11.4 Å². The second-order valence-electron chi connectivity index (χ2n) is 7.50. The summed E-state index contributed by atoms with van der Waals surface area (Å²) in [5, 5.41) is 6.28. The number of anilines is 1. The third-order valence-corrected chi connectivity index (χ3v) is 5.50. The lowest BCUT2D eigenvalue weighted by Gasteiger charge is -2.36. The van der Waals surface area contributed by atoms with E-state index >= 15 is 0 Å². The number of hydrogen-bond acceptors (Lipinski definition) is 4. The lowest BCUT2D eigenvalue weighted by Crippen LogP contribution is -2.49. The van der Waals surface area contributed by atoms with Gasteiger partial charge in [0.2, 0.25) is 0 Å². The van der Waals surface area contributed by atoms with Gasteiger partial charge in [-0.15, -0.1) is 0 Å². The lowest BCUT2D eigenvalue weighted by molar-refractivity contribution is 0.0740. The molecule has 1 saturated heterocycles. The second kappa shape index (κ2) is 7.87. The van der Waals surface area contributed by atoms with Crippen molar-refractivity contribution in [1.82, 2.24) is 14.7 Å². The van der Waals surface area contributed by atoms with Gasteiger partial charge in [-0.3, -0.25) is 9.59 Å². The van der Waals surface area contributed by atoms with Crippen molar-refractivity contribution in [2.45, 2.75) is 19.9 Å². The zero-order valence-corrected chi connectivity index (χ0v) is 17.3. The highest BCUT2D eigenvalue weighted by molar-refractivity contribution is 6.30. The Balaban J connectivity index is 1.62. The van der Waals surface area contributed by atoms with Crippen molar-refractivity contribution in [2.75, 3.05) is 31.1 Å². The molecule has 0 spiro atoms. The van der Waals surface area contributed by atoms with Gasteiger partial charge in [-0.05, 0) is 38.1 Å². The van der Waals surface area contributed by atoms with Crippen molar-refractivity contribution < 1.29 is 4.79 Å². The molecule has 6 nitrogen and oxygen atoms in total. The molecule has 4 rings (SSSR count). The van der Waals surface area contributed by atoms with Crippen molar-refractivity contribution in [1.29, 1.82) is 0 Å². The van der Waals surface area contributed by atoms with E-state index in [0.717, 1.165) is 5.69 Å². The number of carbonyl (C=O) groups is 1. The van der Waals surface area contributed by atoms with Crippen LogP contribution in [-0.4, -0.2) is 46.8 Å². The molecular weight excluding hydrogens is 388 g/mol. The third-order valence-electron chi connectivity index (χ3n) is 5.26. The van der Waals surface area contributed by atoms with E-state index in [-0.39, 0.29) is 17.5 Å². The third kappa shape index (κ3) is 3.72. The maximum Gasteiger partial charge on any atom is 0.275 e. The van der Waals surface area contributed by atoms with Crippen LogP contribution < -0.4 is 10.5 Å². The van der Waals surface area contributed by atoms with Crippen LogP contribution in [0.5, 0.6) is 0 Å². The smallest absolute Gasteiger partial charge is 0.275 e. The number of piperazine rings is 1. The van der Waals surface area contributed by atoms with Gasteiger partial charge < -0.3 is 9.80 Å². The molecule has 3 aromatic rings. The largest absolute Gasteiger partial charge is 0.368 e. The van der Waals surface area contributed by atoms with Crippen molar-refractivity contribution in [3.05, 3.63) is 69.6 Å². The average Bonchev–Trinajstić information content (AvgIpc) is 2.73. The molecule has 0 atom stereocenters. The van der Waals surface area contributed by atoms with Crippen molar-refractivity contribution >= 4 is 34.0 Å². The van der Waals surface area contributed by atoms with Gasteiger partial charge in [0.15, 0.2) is 5.69 Å². The van der Waals surface area contributed by atoms with Crippen LogP contribution >= 0.6 is 11.6 Å². The highest BCUT2D eigenvalue weighted by Gasteiger charge is 2.26. The lowest BCUT2D eigenvalue weighted by atomic mass is 10.1. The zero-order valence-electron chi connectivity index (χ0n) is 16.5. The van der Waals surface area contributed by atoms with E-state index in [2.05, 4.69) is 10.00 Å². The SMILES string of the molecule is CC(C)n1nc(C(=O)N2CCN(c3cccc(Cl)c3)CC2)c2ccccc2c1=O. The first-order valence-corrected chi connectivity index (χ1v) is 10.1. The summed E-state index contributed by atoms with van der Waals surface area (Å²) < 4.78 is 1.40. The van der Waals surface area contributed by atoms with E-state index < -0.39 is 0 Å². The fourth-order valence-corrected chi connectivity index (χ4v) is 3.89. The first-order valence-electron chi connectivity index (χ1n) is 9.77. The Kier molecular flexibility index (Phi) is 5.28. The number of fused-ring (bicyclic) bond motifs is 1. The number of nitrogens with zero attached hydrogens (tertiary/aromatic N) is 4. The summed E-state index contributed by atoms with van der Waals surface area (Å²) in [7, 11) is 0. The molecule has 1 fully saturated rings. The van der Waals surface area contributed by atoms with Gasteiger partial charge in [0.1, 0.15) is 0 Å².